The molecule has 3 rings (SSSR count). The molecule has 1 atom stereocenters. The summed E-state index contributed by atoms with van der Waals surface area (Å²) in [4.78, 5) is 23.2. The van der Waals surface area contributed by atoms with Gasteiger partial charge >= 0.3 is 5.97 Å². The fourth-order valence-electron chi connectivity index (χ4n) is 3.56. The van der Waals surface area contributed by atoms with Crippen LogP contribution in [-0.4, -0.2) is 35.2 Å². The molecule has 5 nitrogen and oxygen atoms in total. The third-order valence-electron chi connectivity index (χ3n) is 4.70. The maximum absolute atomic E-state index is 12.2. The van der Waals surface area contributed by atoms with Crippen molar-refractivity contribution in [2.75, 3.05) is 6.61 Å². The van der Waals surface area contributed by atoms with Gasteiger partial charge in [-0.15, -0.1) is 0 Å². The SMILES string of the molecule is O=C(Cc1cccc(Cl)c1)NC1CCOC2(C1)CC(C(=O)O)C2. The molecule has 1 aromatic carbocycles. The van der Waals surface area contributed by atoms with Gasteiger partial charge in [-0.3, -0.25) is 9.59 Å². The summed E-state index contributed by atoms with van der Waals surface area (Å²) in [6.07, 6.45) is 2.84. The minimum atomic E-state index is -0.758. The number of amides is 1. The van der Waals surface area contributed by atoms with E-state index in [1.165, 1.54) is 0 Å². The Kier molecular flexibility index (Phi) is 4.60. The lowest BCUT2D eigenvalue weighted by Crippen LogP contribution is -2.56. The lowest BCUT2D eigenvalue weighted by atomic mass is 9.66. The summed E-state index contributed by atoms with van der Waals surface area (Å²) in [5.74, 6) is -1.11. The second-order valence-electron chi connectivity index (χ2n) is 6.54. The van der Waals surface area contributed by atoms with E-state index in [-0.39, 0.29) is 23.5 Å². The molecule has 124 valence electrons. The van der Waals surface area contributed by atoms with Gasteiger partial charge in [-0.2, -0.15) is 0 Å². The fourth-order valence-corrected chi connectivity index (χ4v) is 3.77. The molecule has 1 amide bonds. The van der Waals surface area contributed by atoms with Crippen molar-refractivity contribution < 1.29 is 19.4 Å². The minimum Gasteiger partial charge on any atom is -0.481 e. The molecule has 2 aliphatic rings. The van der Waals surface area contributed by atoms with Crippen LogP contribution in [0.3, 0.4) is 0 Å². The average Bonchev–Trinajstić information content (AvgIpc) is 2.44. The number of nitrogens with one attached hydrogen (secondary N) is 1. The van der Waals surface area contributed by atoms with Gasteiger partial charge in [0.1, 0.15) is 0 Å². The van der Waals surface area contributed by atoms with Crippen molar-refractivity contribution in [2.45, 2.75) is 43.7 Å². The average molecular weight is 338 g/mol. The van der Waals surface area contributed by atoms with Crippen LogP contribution in [0.4, 0.5) is 0 Å². The van der Waals surface area contributed by atoms with Gasteiger partial charge in [0.2, 0.25) is 5.91 Å². The molecule has 6 heteroatoms. The minimum absolute atomic E-state index is 0.0385. The lowest BCUT2D eigenvalue weighted by Gasteiger charge is -2.50. The van der Waals surface area contributed by atoms with E-state index in [2.05, 4.69) is 5.32 Å². The van der Waals surface area contributed by atoms with Crippen LogP contribution in [0.5, 0.6) is 0 Å². The normalized spacial score (nSPS) is 29.8. The predicted octanol–water partition coefficient (Wildman–Crippen LogP) is 2.41. The molecule has 1 heterocycles. The van der Waals surface area contributed by atoms with Gasteiger partial charge < -0.3 is 15.2 Å². The molecule has 1 spiro atoms. The van der Waals surface area contributed by atoms with E-state index in [9.17, 15) is 9.59 Å². The Labute approximate surface area is 140 Å². The quantitative estimate of drug-likeness (QED) is 0.884. The van der Waals surface area contributed by atoms with Gasteiger partial charge in [0, 0.05) is 17.7 Å². The van der Waals surface area contributed by atoms with Gasteiger partial charge in [-0.1, -0.05) is 23.7 Å². The van der Waals surface area contributed by atoms with Crippen molar-refractivity contribution in [1.82, 2.24) is 5.32 Å². The molecule has 1 saturated carbocycles. The first-order valence-corrected chi connectivity index (χ1v) is 8.24. The van der Waals surface area contributed by atoms with Gasteiger partial charge in [0.15, 0.2) is 0 Å². The second-order valence-corrected chi connectivity index (χ2v) is 6.98. The van der Waals surface area contributed by atoms with E-state index in [1.807, 2.05) is 12.1 Å². The number of hydrogen-bond donors (Lipinski definition) is 2. The van der Waals surface area contributed by atoms with Gasteiger partial charge in [-0.25, -0.2) is 0 Å². The number of ether oxygens (including phenoxy) is 1. The highest BCUT2D eigenvalue weighted by Crippen LogP contribution is 2.46. The first kappa shape index (κ1) is 16.3. The van der Waals surface area contributed by atoms with Crippen LogP contribution in [0.25, 0.3) is 0 Å². The smallest absolute Gasteiger partial charge is 0.306 e. The molecule has 1 aliphatic heterocycles. The van der Waals surface area contributed by atoms with E-state index in [0.717, 1.165) is 12.0 Å². The third-order valence-corrected chi connectivity index (χ3v) is 4.93. The molecule has 2 fully saturated rings. The first-order valence-electron chi connectivity index (χ1n) is 7.86. The van der Waals surface area contributed by atoms with E-state index in [1.54, 1.807) is 12.1 Å². The molecule has 1 aromatic rings. The standard InChI is InChI=1S/C17H20ClNO4/c18-13-3-1-2-11(6-13)7-15(20)19-14-4-5-23-17(10-14)8-12(9-17)16(21)22/h1-3,6,12,14H,4-5,7-10H2,(H,19,20)(H,21,22). The van der Waals surface area contributed by atoms with Crippen molar-refractivity contribution >= 4 is 23.5 Å². The van der Waals surface area contributed by atoms with E-state index < -0.39 is 5.97 Å². The molecule has 1 saturated heterocycles. The number of benzene rings is 1. The molecule has 0 aromatic heterocycles. The Bertz CT molecular complexity index is 612. The van der Waals surface area contributed by atoms with Crippen LogP contribution in [0.1, 0.15) is 31.2 Å². The highest BCUT2D eigenvalue weighted by Gasteiger charge is 2.51. The monoisotopic (exact) mass is 337 g/mol. The van der Waals surface area contributed by atoms with Gasteiger partial charge in [0.05, 0.1) is 17.9 Å². The van der Waals surface area contributed by atoms with Gasteiger partial charge in [0.25, 0.3) is 0 Å². The van der Waals surface area contributed by atoms with E-state index >= 15 is 0 Å². The number of carbonyl (C=O) groups is 2. The zero-order chi connectivity index (χ0) is 16.4. The summed E-state index contributed by atoms with van der Waals surface area (Å²) in [6, 6.07) is 7.32. The summed E-state index contributed by atoms with van der Waals surface area (Å²) in [5, 5.41) is 12.7. The number of hydrogen-bond acceptors (Lipinski definition) is 3. The predicted molar refractivity (Wildman–Crippen MR) is 85.4 cm³/mol. The van der Waals surface area contributed by atoms with Crippen LogP contribution >= 0.6 is 11.6 Å². The highest BCUT2D eigenvalue weighted by molar-refractivity contribution is 6.30. The van der Waals surface area contributed by atoms with E-state index in [0.29, 0.717) is 37.3 Å². The van der Waals surface area contributed by atoms with Crippen molar-refractivity contribution in [3.8, 4) is 0 Å². The number of carbonyl (C=O) groups excluding carboxylic acids is 1. The first-order chi connectivity index (χ1) is 11.0. The summed E-state index contributed by atoms with van der Waals surface area (Å²) < 4.78 is 5.80. The third kappa shape index (κ3) is 3.85. The maximum Gasteiger partial charge on any atom is 0.306 e. The zero-order valence-electron chi connectivity index (χ0n) is 12.8. The van der Waals surface area contributed by atoms with Gasteiger partial charge in [-0.05, 0) is 43.4 Å². The highest BCUT2D eigenvalue weighted by atomic mass is 35.5. The van der Waals surface area contributed by atoms with Crippen LogP contribution in [-0.2, 0) is 20.7 Å². The Hall–Kier alpha value is -1.59. The van der Waals surface area contributed by atoms with Crippen LogP contribution < -0.4 is 5.32 Å². The molecule has 23 heavy (non-hydrogen) atoms. The number of aliphatic carboxylic acids is 1. The topological polar surface area (TPSA) is 75.6 Å². The molecular weight excluding hydrogens is 318 g/mol. The summed E-state index contributed by atoms with van der Waals surface area (Å²) in [6.45, 7) is 0.564. The number of carboxylic acid groups (broad SMARTS) is 1. The van der Waals surface area contributed by atoms with Crippen molar-refractivity contribution in [3.63, 3.8) is 0 Å². The molecule has 0 bridgehead atoms. The molecule has 1 unspecified atom stereocenters. The largest absolute Gasteiger partial charge is 0.481 e. The molecule has 1 aliphatic carbocycles. The Morgan fingerprint density at radius 3 is 2.83 bits per heavy atom. The summed E-state index contributed by atoms with van der Waals surface area (Å²) in [5.41, 5.74) is 0.529. The number of rotatable bonds is 4. The molecule has 0 radical (unpaired) electrons. The van der Waals surface area contributed by atoms with Crippen molar-refractivity contribution in [1.29, 1.82) is 0 Å². The Morgan fingerprint density at radius 1 is 1.35 bits per heavy atom. The van der Waals surface area contributed by atoms with Crippen LogP contribution in [0.2, 0.25) is 5.02 Å². The number of halogens is 1. The molecule has 2 N–H and O–H groups in total. The zero-order valence-corrected chi connectivity index (χ0v) is 13.5. The lowest BCUT2D eigenvalue weighted by molar-refractivity contribution is -0.182. The van der Waals surface area contributed by atoms with Crippen molar-refractivity contribution in [3.05, 3.63) is 34.9 Å². The van der Waals surface area contributed by atoms with E-state index in [4.69, 9.17) is 21.4 Å². The summed E-state index contributed by atoms with van der Waals surface area (Å²) >= 11 is 5.93. The van der Waals surface area contributed by atoms with Crippen LogP contribution in [0, 0.1) is 5.92 Å². The number of carboxylic acids is 1. The van der Waals surface area contributed by atoms with Crippen LogP contribution in [0.15, 0.2) is 24.3 Å². The fraction of sp³-hybridized carbons (Fsp3) is 0.529. The Balaban J connectivity index is 1.52. The Morgan fingerprint density at radius 2 is 2.13 bits per heavy atom. The van der Waals surface area contributed by atoms with Crippen molar-refractivity contribution in [2.24, 2.45) is 5.92 Å². The molecular formula is C17H20ClNO4. The second kappa shape index (κ2) is 6.49. The summed E-state index contributed by atoms with van der Waals surface area (Å²) in [7, 11) is 0. The maximum atomic E-state index is 12.2.